The molecule has 5 heterocycles. The lowest BCUT2D eigenvalue weighted by Crippen LogP contribution is -1.97. The standard InChI is InChI=1S/C48H14F12N8/c49-29-5-13-1-21-22(2-14(13)6-30(29)50)42-61-41(21)63-45-25-9-17-18(34(54)38(58)37(57)33(17)53)10-26(25)47(67-45)65-43-23-3-15-7-31(51)32(52)8-16(15)4-24(23)44(62-43)66-48-28-12-20-19(11-27(28)46(64-42)68-48)35(55)39(59)40(60)36(20)56/h1-12H,(H2,61,62,63,64,65,66,67,68). The third-order valence-corrected chi connectivity index (χ3v) is 12.2. The number of aromatic nitrogens is 8. The van der Waals surface area contributed by atoms with Crippen LogP contribution in [-0.2, 0) is 0 Å². The fourth-order valence-corrected chi connectivity index (χ4v) is 8.95. The maximum absolute atomic E-state index is 15.4. The highest BCUT2D eigenvalue weighted by Gasteiger charge is 2.28. The molecule has 20 heteroatoms. The van der Waals surface area contributed by atoms with Gasteiger partial charge in [0, 0.05) is 65.3 Å². The minimum atomic E-state index is -2.09. The van der Waals surface area contributed by atoms with Crippen LogP contribution in [-0.4, -0.2) is 39.9 Å². The van der Waals surface area contributed by atoms with Gasteiger partial charge in [-0.3, -0.25) is 0 Å². The normalized spacial score (nSPS) is 12.4. The molecule has 0 radical (unpaired) electrons. The van der Waals surface area contributed by atoms with Crippen molar-refractivity contribution in [2.45, 2.75) is 0 Å². The molecule has 68 heavy (non-hydrogen) atoms. The zero-order valence-corrected chi connectivity index (χ0v) is 33.1. The molecule has 8 aromatic carbocycles. The first-order valence-corrected chi connectivity index (χ1v) is 19.9. The average molecular weight is 931 g/mol. The largest absolute Gasteiger partial charge is 0.324 e. The monoisotopic (exact) mass is 930 g/mol. The number of rotatable bonds is 0. The van der Waals surface area contributed by atoms with Gasteiger partial charge in [0.25, 0.3) is 0 Å². The first-order chi connectivity index (χ1) is 32.6. The van der Waals surface area contributed by atoms with Crippen molar-refractivity contribution in [2.75, 3.05) is 0 Å². The number of aromatic amines is 2. The van der Waals surface area contributed by atoms with Crippen molar-refractivity contribution in [3.8, 4) is 45.6 Å². The second-order valence-electron chi connectivity index (χ2n) is 16.0. The van der Waals surface area contributed by atoms with Gasteiger partial charge in [-0.25, -0.2) is 82.6 Å². The topological polar surface area (TPSA) is 109 Å². The molecule has 0 atom stereocenters. The molecule has 2 aliphatic rings. The zero-order chi connectivity index (χ0) is 46.9. The number of H-pyrrole nitrogens is 2. The second kappa shape index (κ2) is 13.5. The molecule has 0 saturated heterocycles. The van der Waals surface area contributed by atoms with Gasteiger partial charge in [-0.1, -0.05) is 0 Å². The van der Waals surface area contributed by atoms with Crippen molar-refractivity contribution in [3.63, 3.8) is 0 Å². The van der Waals surface area contributed by atoms with Crippen LogP contribution in [0.15, 0.2) is 72.8 Å². The predicted octanol–water partition coefficient (Wildman–Crippen LogP) is 13.2. The Labute approximate surface area is 367 Å². The molecule has 2 N–H and O–H groups in total. The number of fused-ring (bicyclic) bond motifs is 24. The molecule has 0 amide bonds. The molecule has 13 rings (SSSR count). The van der Waals surface area contributed by atoms with Crippen molar-refractivity contribution >= 4 is 87.2 Å². The van der Waals surface area contributed by atoms with Crippen molar-refractivity contribution < 1.29 is 52.7 Å². The second-order valence-corrected chi connectivity index (χ2v) is 16.0. The first-order valence-electron chi connectivity index (χ1n) is 19.9. The van der Waals surface area contributed by atoms with Crippen molar-refractivity contribution in [1.29, 1.82) is 0 Å². The van der Waals surface area contributed by atoms with Crippen LogP contribution >= 0.6 is 0 Å². The van der Waals surface area contributed by atoms with Crippen molar-refractivity contribution in [1.82, 2.24) is 39.9 Å². The Kier molecular flexibility index (Phi) is 7.85. The van der Waals surface area contributed by atoms with Crippen LogP contribution in [0.3, 0.4) is 0 Å². The average Bonchev–Trinajstić information content (AvgIpc) is 4.04. The molecular weight excluding hydrogens is 917 g/mol. The summed E-state index contributed by atoms with van der Waals surface area (Å²) in [6.07, 6.45) is 0. The molecule has 330 valence electrons. The summed E-state index contributed by atoms with van der Waals surface area (Å²) in [4.78, 5) is 34.0. The van der Waals surface area contributed by atoms with Crippen LogP contribution in [0.25, 0.3) is 133 Å². The lowest BCUT2D eigenvalue weighted by atomic mass is 10.0. The number of nitrogens with one attached hydrogen (secondary N) is 2. The van der Waals surface area contributed by atoms with E-state index in [-0.39, 0.29) is 111 Å². The molecule has 8 nitrogen and oxygen atoms in total. The zero-order valence-electron chi connectivity index (χ0n) is 33.1. The van der Waals surface area contributed by atoms with Gasteiger partial charge in [-0.05, 0) is 94.3 Å². The Hall–Kier alpha value is -8.68. The van der Waals surface area contributed by atoms with Gasteiger partial charge < -0.3 is 9.97 Å². The fraction of sp³-hybridized carbons (Fsp3) is 0. The summed E-state index contributed by atoms with van der Waals surface area (Å²) in [5.41, 5.74) is -0.213. The van der Waals surface area contributed by atoms with Gasteiger partial charge in [0.2, 0.25) is 0 Å². The first kappa shape index (κ1) is 39.7. The van der Waals surface area contributed by atoms with E-state index < -0.39 is 91.4 Å². The number of hydrogen-bond donors (Lipinski definition) is 2. The van der Waals surface area contributed by atoms with E-state index in [1.165, 1.54) is 24.3 Å². The number of halogens is 12. The summed E-state index contributed by atoms with van der Waals surface area (Å²) in [6, 6.07) is 13.3. The van der Waals surface area contributed by atoms with E-state index >= 15 is 17.6 Å². The fourth-order valence-electron chi connectivity index (χ4n) is 8.95. The van der Waals surface area contributed by atoms with E-state index in [2.05, 4.69) is 19.9 Å². The Bertz CT molecular complexity index is 3890. The summed E-state index contributed by atoms with van der Waals surface area (Å²) in [5, 5.41) is -2.34. The van der Waals surface area contributed by atoms with Gasteiger partial charge in [0.15, 0.2) is 93.1 Å². The number of benzene rings is 8. The van der Waals surface area contributed by atoms with Crippen LogP contribution in [0.4, 0.5) is 52.7 Å². The molecule has 3 aromatic heterocycles. The summed E-state index contributed by atoms with van der Waals surface area (Å²) < 4.78 is 179. The van der Waals surface area contributed by atoms with Gasteiger partial charge in [0.05, 0.1) is 0 Å². The SMILES string of the molecule is Fc1cc2cc3c(cc2cc1F)-c1nc-3nc2[nH]c(nc3nc(nc4[nH]c(n1)c1cc5c(F)c(F)c(F)c(F)c5cc41)-c1cc4cc(F)c(F)cc4cc1-3)c1cc3c(F)c(F)c(F)c(F)c3cc21. The molecule has 0 saturated carbocycles. The Morgan fingerprint density at radius 1 is 0.235 bits per heavy atom. The van der Waals surface area contributed by atoms with Gasteiger partial charge >= 0.3 is 0 Å². The quantitative estimate of drug-likeness (QED) is 0.0891. The van der Waals surface area contributed by atoms with E-state index in [1.807, 2.05) is 0 Å². The van der Waals surface area contributed by atoms with E-state index in [4.69, 9.17) is 19.9 Å². The van der Waals surface area contributed by atoms with E-state index in [0.29, 0.717) is 0 Å². The minimum absolute atomic E-state index is 0.0541. The maximum atomic E-state index is 15.4. The lowest BCUT2D eigenvalue weighted by Gasteiger charge is -2.06. The highest BCUT2D eigenvalue weighted by atomic mass is 19.2. The Morgan fingerprint density at radius 2 is 0.456 bits per heavy atom. The third kappa shape index (κ3) is 5.41. The van der Waals surface area contributed by atoms with Crippen molar-refractivity contribution in [2.24, 2.45) is 0 Å². The number of hydrogen-bond acceptors (Lipinski definition) is 6. The molecule has 0 unspecified atom stereocenters. The number of nitrogens with zero attached hydrogens (tertiary/aromatic N) is 6. The minimum Gasteiger partial charge on any atom is -0.324 e. The summed E-state index contributed by atoms with van der Waals surface area (Å²) in [7, 11) is 0. The molecular formula is C48H14F12N8. The van der Waals surface area contributed by atoms with Crippen LogP contribution in [0, 0.1) is 69.8 Å². The van der Waals surface area contributed by atoms with Gasteiger partial charge in [0.1, 0.15) is 22.6 Å². The smallest absolute Gasteiger partial charge is 0.198 e. The summed E-state index contributed by atoms with van der Waals surface area (Å²) in [5.74, 6) is -20.8. The Morgan fingerprint density at radius 3 is 0.676 bits per heavy atom. The van der Waals surface area contributed by atoms with Crippen LogP contribution in [0.2, 0.25) is 0 Å². The maximum Gasteiger partial charge on any atom is 0.198 e. The van der Waals surface area contributed by atoms with Crippen LogP contribution in [0.1, 0.15) is 0 Å². The van der Waals surface area contributed by atoms with E-state index in [0.717, 1.165) is 48.5 Å². The molecule has 0 spiro atoms. The van der Waals surface area contributed by atoms with Crippen LogP contribution in [0.5, 0.6) is 0 Å². The van der Waals surface area contributed by atoms with Crippen molar-refractivity contribution in [3.05, 3.63) is 143 Å². The van der Waals surface area contributed by atoms with Gasteiger partial charge in [-0.2, -0.15) is 0 Å². The molecule has 0 aliphatic carbocycles. The molecule has 0 fully saturated rings. The Balaban J connectivity index is 1.24. The van der Waals surface area contributed by atoms with Gasteiger partial charge in [-0.15, -0.1) is 0 Å². The predicted molar refractivity (Wildman–Crippen MR) is 226 cm³/mol. The lowest BCUT2D eigenvalue weighted by molar-refractivity contribution is 0.418. The summed E-state index contributed by atoms with van der Waals surface area (Å²) in [6.45, 7) is 0. The third-order valence-electron chi connectivity index (χ3n) is 12.2. The van der Waals surface area contributed by atoms with E-state index in [9.17, 15) is 35.1 Å². The van der Waals surface area contributed by atoms with Crippen LogP contribution < -0.4 is 0 Å². The molecule has 11 aromatic rings. The molecule has 8 bridgehead atoms. The highest BCUT2D eigenvalue weighted by Crippen LogP contribution is 2.42. The van der Waals surface area contributed by atoms with E-state index in [1.54, 1.807) is 0 Å². The highest BCUT2D eigenvalue weighted by molar-refractivity contribution is 6.13. The molecule has 2 aliphatic heterocycles. The summed E-state index contributed by atoms with van der Waals surface area (Å²) >= 11 is 0.